The zero-order valence-electron chi connectivity index (χ0n) is 82.3. The van der Waals surface area contributed by atoms with Gasteiger partial charge in [0.15, 0.2) is 23.3 Å². The Morgan fingerprint density at radius 3 is 1.01 bits per heavy atom. The minimum atomic E-state index is -4.47. The molecule has 0 saturated carbocycles. The number of aliphatic hydroxyl groups is 4. The third-order valence-corrected chi connectivity index (χ3v) is 33.0. The molecule has 0 saturated heterocycles. The second-order valence-electron chi connectivity index (χ2n) is 41.1. The van der Waals surface area contributed by atoms with Crippen molar-refractivity contribution in [3.05, 3.63) is 187 Å². The lowest BCUT2D eigenvalue weighted by Gasteiger charge is -2.36. The summed E-state index contributed by atoms with van der Waals surface area (Å²) in [4.78, 5) is 81.9. The second kappa shape index (κ2) is 40.6. The number of nitrogens with one attached hydrogen (secondary N) is 8. The van der Waals surface area contributed by atoms with Gasteiger partial charge in [-0.15, -0.1) is 0 Å². The summed E-state index contributed by atoms with van der Waals surface area (Å²) in [6.45, 7) is 34.2. The molecule has 4 amide bonds. The smallest absolute Gasteiger partial charge is 0.348 e. The summed E-state index contributed by atoms with van der Waals surface area (Å²) in [6.07, 6.45) is 5.41. The first-order chi connectivity index (χ1) is 65.0. The molecule has 40 nitrogen and oxygen atoms in total. The number of amidine groups is 4. The molecule has 51 heteroatoms. The third-order valence-electron chi connectivity index (χ3n) is 22.9. The first kappa shape index (κ1) is 112. The van der Waals surface area contributed by atoms with E-state index in [1.807, 2.05) is 107 Å². The molecule has 0 fully saturated rings. The van der Waals surface area contributed by atoms with Crippen molar-refractivity contribution < 1.29 is 115 Å². The minimum Gasteiger partial charge on any atom is -0.509 e. The van der Waals surface area contributed by atoms with Gasteiger partial charge in [-0.3, -0.25) is 56.3 Å². The highest BCUT2D eigenvalue weighted by Crippen LogP contribution is 2.57. The van der Waals surface area contributed by atoms with Crippen LogP contribution in [0.2, 0.25) is 5.02 Å². The first-order valence-electron chi connectivity index (χ1n) is 44.1. The van der Waals surface area contributed by atoms with Crippen LogP contribution in [0.4, 0.5) is 49.9 Å². The van der Waals surface area contributed by atoms with Crippen LogP contribution in [0.25, 0.3) is 0 Å². The number of hydrogen-bond donors (Lipinski definition) is 14. The molecule has 6 aromatic carbocycles. The Morgan fingerprint density at radius 2 is 0.718 bits per heavy atom. The SMILES string of the molecule is CC(C)(C)C1C(O)=C(C2=NP(=O)(O)c3cc(NS(C)(=O)=O)ccc3N2)C(=O)N1Cc1ccc(F)c(Cl)c1.CC(C)(C)C1C(O)=C(C2=NP(=O)(O)c3cc(NS(C)(=O)=O)ccc3N2)C(=O)N1Cc1cccc(Br)c1.COP1(=O)N=C(C2=C(O)C(C(C)(C)C)N(CCC(C)(C)C)C2=O)Nc2ccc(NS(C)(=O)=O)cc21.COP1(=O)N=C(C2=C(O)C(C(C)(C)C)N(CCC(C)C)C2=O)Nc2ccc(NS(C)(=O)=O)cc21. The van der Waals surface area contributed by atoms with Gasteiger partial charge in [0, 0.05) is 67.6 Å². The lowest BCUT2D eigenvalue weighted by molar-refractivity contribution is -0.129. The monoisotopic (exact) mass is 2200 g/mol. The molecule has 8 unspecified atom stereocenters. The first-order valence-corrected chi connectivity index (χ1v) is 59.2. The molecule has 0 aliphatic carbocycles. The molecule has 8 atom stereocenters. The Labute approximate surface area is 839 Å². The molecule has 0 radical (unpaired) electrons. The molecule has 772 valence electrons. The quantitative estimate of drug-likeness (QED) is 0.0265. The molecule has 0 spiro atoms. The predicted octanol–water partition coefficient (Wildman–Crippen LogP) is 14.8. The normalized spacial score (nSPS) is 22.7. The van der Waals surface area contributed by atoms with Crippen LogP contribution in [0.3, 0.4) is 0 Å². The van der Waals surface area contributed by atoms with E-state index in [0.29, 0.717) is 35.9 Å². The largest absolute Gasteiger partial charge is 0.509 e. The topological polar surface area (TPSA) is 572 Å². The number of rotatable bonds is 23. The summed E-state index contributed by atoms with van der Waals surface area (Å²) in [5, 5.41) is 56.5. The van der Waals surface area contributed by atoms with Crippen LogP contribution in [0.15, 0.2) is 184 Å². The van der Waals surface area contributed by atoms with E-state index in [-0.39, 0.29) is 148 Å². The van der Waals surface area contributed by atoms with Gasteiger partial charge in [-0.05, 0) is 154 Å². The Balaban J connectivity index is 0.000000181. The van der Waals surface area contributed by atoms with Crippen LogP contribution >= 0.6 is 57.6 Å². The van der Waals surface area contributed by atoms with Gasteiger partial charge in [-0.25, -0.2) is 38.1 Å². The van der Waals surface area contributed by atoms with Crippen molar-refractivity contribution in [1.82, 2.24) is 19.6 Å². The summed E-state index contributed by atoms with van der Waals surface area (Å²) < 4.78 is 197. The average Bonchev–Trinajstić information content (AvgIpc) is 1.67. The Kier molecular flexibility index (Phi) is 32.0. The molecule has 14 N–H and O–H groups in total. The number of carbonyl (C=O) groups is 4. The number of amides is 4. The van der Waals surface area contributed by atoms with Gasteiger partial charge in [-0.2, -0.15) is 19.1 Å². The molecule has 142 heavy (non-hydrogen) atoms. The van der Waals surface area contributed by atoms with Crippen LogP contribution in [-0.4, -0.2) is 207 Å². The van der Waals surface area contributed by atoms with Crippen molar-refractivity contribution in [3.63, 3.8) is 0 Å². The molecule has 0 aromatic heterocycles. The van der Waals surface area contributed by atoms with Crippen molar-refractivity contribution in [1.29, 1.82) is 0 Å². The van der Waals surface area contributed by atoms with Crippen molar-refractivity contribution in [2.45, 2.75) is 168 Å². The van der Waals surface area contributed by atoms with E-state index in [0.717, 1.165) is 47.9 Å². The van der Waals surface area contributed by atoms with Crippen LogP contribution in [0.1, 0.15) is 142 Å². The Bertz CT molecular complexity index is 7170. The molecule has 6 aromatic rings. The summed E-state index contributed by atoms with van der Waals surface area (Å²) in [6, 6.07) is 25.6. The maximum absolute atomic E-state index is 13.7. The number of benzene rings is 6. The van der Waals surface area contributed by atoms with E-state index < -0.39 is 145 Å². The van der Waals surface area contributed by atoms with E-state index in [9.17, 15) is 106 Å². The number of halogens is 3. The van der Waals surface area contributed by atoms with E-state index in [4.69, 9.17) is 20.6 Å². The van der Waals surface area contributed by atoms with Crippen molar-refractivity contribution in [2.24, 2.45) is 52.0 Å². The van der Waals surface area contributed by atoms with Gasteiger partial charge in [0.25, 0.3) is 23.6 Å². The highest BCUT2D eigenvalue weighted by atomic mass is 79.9. The summed E-state index contributed by atoms with van der Waals surface area (Å²) in [5.41, 5.74) is 0.200. The number of sulfonamides is 4. The van der Waals surface area contributed by atoms with Gasteiger partial charge in [-0.1, -0.05) is 163 Å². The average molecular weight is 2210 g/mol. The number of aliphatic hydroxyl groups excluding tert-OH is 4. The summed E-state index contributed by atoms with van der Waals surface area (Å²) >= 11 is 9.33. The van der Waals surface area contributed by atoms with Gasteiger partial charge >= 0.3 is 30.1 Å². The maximum atomic E-state index is 13.7. The highest BCUT2D eigenvalue weighted by Gasteiger charge is 2.54. The van der Waals surface area contributed by atoms with Crippen LogP contribution in [-0.2, 0) is 99.7 Å². The maximum Gasteiger partial charge on any atom is 0.348 e. The fourth-order valence-electron chi connectivity index (χ4n) is 17.0. The van der Waals surface area contributed by atoms with Crippen LogP contribution in [0.5, 0.6) is 0 Å². The molecule has 8 aliphatic heterocycles. The Morgan fingerprint density at radius 1 is 0.430 bits per heavy atom. The molecule has 0 bridgehead atoms. The predicted molar refractivity (Wildman–Crippen MR) is 556 cm³/mol. The highest BCUT2D eigenvalue weighted by molar-refractivity contribution is 9.10. The molecule has 8 aliphatic rings. The fourth-order valence-corrected chi connectivity index (χ4v) is 25.5. The molecular formula is C91H119BrClFN16O24P4S4. The standard InChI is InChI=1S/C23H26BrN4O6PS.C23H25ClFN4O6PS.C23H35N4O6PS.C22H33N4O6PS/c1-23(2,3)20-19(29)18(22(30)28(20)12-13-6-5-7-14(24)10-13)21-25-16-9-8-15(27-36(4,33)34)11-17(16)35(31,32)26-21;1-23(2,3)20-19(30)18(22(31)29(20)11-12-5-7-15(25)14(24)9-12)21-26-16-8-6-13(28-37(4,34)35)10-17(16)36(32,33)27-21;1-22(2,3)11-12-27-19(23(4,5)6)18(28)17(21(27)29)20-24-15-10-9-14(26-35(8,31)32)13-16(15)34(30,25-20)33-7;1-13(2)10-11-26-19(22(3,4)5)18(27)17(21(26)28)20-23-15-9-8-14(25-34(7,30)31)12-16(15)33(29,24-20)32-6/h5-11,20,27,29H,12H2,1-4H3,(H2,25,26,31,32);5-10,20,28,30H,11H2,1-4H3,(H2,26,27,32,33);9-10,13,19,26,28H,11-12H2,1-8H3,(H,24,25,30);8-9,12-13,19,25,27H,10-11H2,1-7H3,(H,23,24,29). The molecule has 14 rings (SSSR count). The van der Waals surface area contributed by atoms with E-state index in [1.165, 1.54) is 115 Å². The lowest BCUT2D eigenvalue weighted by atomic mass is 9.84. The zero-order chi connectivity index (χ0) is 106. The number of hydrogen-bond acceptors (Lipinski definition) is 26. The summed E-state index contributed by atoms with van der Waals surface area (Å²) in [5.74, 6) is -3.66. The lowest BCUT2D eigenvalue weighted by Crippen LogP contribution is -2.45. The van der Waals surface area contributed by atoms with E-state index in [2.05, 4.69) is 110 Å². The third kappa shape index (κ3) is 25.6. The van der Waals surface area contributed by atoms with Gasteiger partial charge in [0.2, 0.25) is 40.1 Å². The van der Waals surface area contributed by atoms with Crippen molar-refractivity contribution in [2.75, 3.05) is 92.5 Å². The number of anilines is 8. The number of fused-ring (bicyclic) bond motifs is 4. The fraction of sp³-hybridized carbons (Fsp3) is 0.429. The minimum absolute atomic E-state index is 0.0183. The van der Waals surface area contributed by atoms with E-state index in [1.54, 1.807) is 9.80 Å². The van der Waals surface area contributed by atoms with Crippen LogP contribution in [0, 0.1) is 38.8 Å². The Hall–Kier alpha value is -10.3. The molecular weight excluding hydrogens is 2090 g/mol. The number of carbonyl (C=O) groups excluding carboxylic acids is 4. The van der Waals surface area contributed by atoms with Crippen molar-refractivity contribution >= 4 is 211 Å². The van der Waals surface area contributed by atoms with Gasteiger partial charge in [0.05, 0.1) is 98.2 Å². The van der Waals surface area contributed by atoms with Gasteiger partial charge in [0.1, 0.15) is 51.1 Å². The van der Waals surface area contributed by atoms with Crippen molar-refractivity contribution in [3.8, 4) is 0 Å². The van der Waals surface area contributed by atoms with E-state index >= 15 is 0 Å². The molecule has 8 heterocycles. The zero-order valence-corrected chi connectivity index (χ0v) is 91.4. The van der Waals surface area contributed by atoms with Crippen LogP contribution < -0.4 is 61.4 Å². The second-order valence-corrected chi connectivity index (χ2v) is 57.1. The van der Waals surface area contributed by atoms with Gasteiger partial charge < -0.3 is 80.1 Å². The summed E-state index contributed by atoms with van der Waals surface area (Å²) in [7, 11) is -28.5. The number of nitrogens with zero attached hydrogens (tertiary/aromatic N) is 8.